The lowest BCUT2D eigenvalue weighted by Crippen LogP contribution is -2.56. The summed E-state index contributed by atoms with van der Waals surface area (Å²) in [6.45, 7) is 2.29. The van der Waals surface area contributed by atoms with E-state index in [4.69, 9.17) is 0 Å². The summed E-state index contributed by atoms with van der Waals surface area (Å²) < 4.78 is 5.89. The SMILES string of the molecule is CNCC[C@@H](C)C(=O)N[C@@H](CC/C=C/C(=O)OC)C(=O)Nc1cccn(CC(=O)NC2C3CC4CC(C3)CC2C4)c1=O. The summed E-state index contributed by atoms with van der Waals surface area (Å²) in [4.78, 5) is 63.7. The Kier molecular flexibility index (Phi) is 11.0. The first-order valence-corrected chi connectivity index (χ1v) is 15.2. The van der Waals surface area contributed by atoms with Crippen LogP contribution in [0.15, 0.2) is 35.3 Å². The molecule has 1 heterocycles. The maximum atomic E-state index is 13.3. The number of rotatable bonds is 14. The summed E-state index contributed by atoms with van der Waals surface area (Å²) in [5.41, 5.74) is -0.471. The molecule has 4 aliphatic carbocycles. The Hall–Kier alpha value is -3.47. The van der Waals surface area contributed by atoms with Gasteiger partial charge < -0.3 is 30.6 Å². The number of hydrogen-bond donors (Lipinski definition) is 4. The second-order valence-corrected chi connectivity index (χ2v) is 12.2. The minimum atomic E-state index is -0.940. The van der Waals surface area contributed by atoms with E-state index in [0.717, 1.165) is 11.8 Å². The van der Waals surface area contributed by atoms with Crippen LogP contribution in [0.25, 0.3) is 0 Å². The molecule has 0 radical (unpaired) electrons. The predicted molar refractivity (Wildman–Crippen MR) is 158 cm³/mol. The molecule has 2 atom stereocenters. The van der Waals surface area contributed by atoms with Crippen LogP contribution in [-0.2, 0) is 30.5 Å². The van der Waals surface area contributed by atoms with Gasteiger partial charge >= 0.3 is 5.97 Å². The third-order valence-corrected chi connectivity index (χ3v) is 9.13. The molecule has 3 amide bonds. The number of carbonyl (C=O) groups excluding carboxylic acids is 4. The highest BCUT2D eigenvalue weighted by atomic mass is 16.5. The second-order valence-electron chi connectivity index (χ2n) is 12.2. The van der Waals surface area contributed by atoms with Gasteiger partial charge in [0.25, 0.3) is 5.56 Å². The van der Waals surface area contributed by atoms with E-state index < -0.39 is 23.5 Å². The van der Waals surface area contributed by atoms with Crippen LogP contribution < -0.4 is 26.8 Å². The number of allylic oxidation sites excluding steroid dienone is 1. The highest BCUT2D eigenvalue weighted by Gasteiger charge is 2.48. The number of nitrogens with zero attached hydrogens (tertiary/aromatic N) is 1. The number of nitrogens with one attached hydrogen (secondary N) is 4. The minimum Gasteiger partial charge on any atom is -0.466 e. The largest absolute Gasteiger partial charge is 0.466 e. The molecule has 4 bridgehead atoms. The maximum absolute atomic E-state index is 13.3. The van der Waals surface area contributed by atoms with Gasteiger partial charge in [-0.05, 0) is 101 Å². The number of ether oxygens (including phenoxy) is 1. The zero-order chi connectivity index (χ0) is 30.2. The lowest BCUT2D eigenvalue weighted by Gasteiger charge is -2.54. The van der Waals surface area contributed by atoms with E-state index in [0.29, 0.717) is 31.2 Å². The molecule has 230 valence electrons. The Bertz CT molecular complexity index is 1200. The third-order valence-electron chi connectivity index (χ3n) is 9.13. The van der Waals surface area contributed by atoms with Gasteiger partial charge in [-0.3, -0.25) is 19.2 Å². The zero-order valence-electron chi connectivity index (χ0n) is 24.9. The molecule has 4 aliphatic rings. The Balaban J connectivity index is 1.38. The molecule has 1 aromatic heterocycles. The van der Waals surface area contributed by atoms with Gasteiger partial charge in [0, 0.05) is 24.2 Å². The first kappa shape index (κ1) is 31.5. The normalized spacial score (nSPS) is 25.5. The number of hydrogen-bond acceptors (Lipinski definition) is 7. The van der Waals surface area contributed by atoms with Crippen LogP contribution in [0.2, 0.25) is 0 Å². The molecule has 11 heteroatoms. The molecule has 0 spiro atoms. The van der Waals surface area contributed by atoms with Crippen molar-refractivity contribution >= 4 is 29.4 Å². The highest BCUT2D eigenvalue weighted by Crippen LogP contribution is 2.53. The second kappa shape index (κ2) is 14.6. The average molecular weight is 584 g/mol. The van der Waals surface area contributed by atoms with Crippen molar-refractivity contribution in [2.75, 3.05) is 26.0 Å². The summed E-state index contributed by atoms with van der Waals surface area (Å²) in [5.74, 6) is 0.786. The van der Waals surface area contributed by atoms with Crippen molar-refractivity contribution in [1.29, 1.82) is 0 Å². The van der Waals surface area contributed by atoms with Crippen molar-refractivity contribution in [2.24, 2.45) is 29.6 Å². The van der Waals surface area contributed by atoms with Crippen molar-refractivity contribution in [2.45, 2.75) is 76.9 Å². The Morgan fingerprint density at radius 1 is 1.05 bits per heavy atom. The number of carbonyl (C=O) groups is 4. The summed E-state index contributed by atoms with van der Waals surface area (Å²) in [6, 6.07) is 2.33. The van der Waals surface area contributed by atoms with Gasteiger partial charge in [0.15, 0.2) is 0 Å². The van der Waals surface area contributed by atoms with Crippen molar-refractivity contribution in [1.82, 2.24) is 20.5 Å². The number of amides is 3. The molecule has 1 aromatic rings. The maximum Gasteiger partial charge on any atom is 0.330 e. The van der Waals surface area contributed by atoms with Gasteiger partial charge in [-0.25, -0.2) is 4.79 Å². The quantitative estimate of drug-likeness (QED) is 0.193. The molecule has 42 heavy (non-hydrogen) atoms. The minimum absolute atomic E-state index is 0.0255. The standard InChI is InChI=1S/C31H45N5O6/c1-19(10-11-32-2)29(39)33-24(7-4-5-9-27(38)42-3)30(40)34-25-8-6-12-36(31(25)41)18-26(37)35-28-22-14-20-13-21(16-22)17-23(28)15-20/h5-6,8-9,12,19-24,28,32H,4,7,10-11,13-18H2,1-3H3,(H,33,39)(H,34,40)(H,35,37)/b9-5+/t19-,20?,21?,22?,23?,24+,28?/m1/s1. The number of aromatic nitrogens is 1. The van der Waals surface area contributed by atoms with Crippen LogP contribution in [-0.4, -0.2) is 61.0 Å². The molecule has 0 aliphatic heterocycles. The lowest BCUT2D eigenvalue weighted by atomic mass is 9.54. The summed E-state index contributed by atoms with van der Waals surface area (Å²) in [7, 11) is 3.07. The monoisotopic (exact) mass is 583 g/mol. The summed E-state index contributed by atoms with van der Waals surface area (Å²) in [5, 5.41) is 11.7. The van der Waals surface area contributed by atoms with E-state index in [1.807, 2.05) is 0 Å². The van der Waals surface area contributed by atoms with Crippen molar-refractivity contribution in [3.05, 3.63) is 40.8 Å². The first-order chi connectivity index (χ1) is 20.2. The molecular formula is C31H45N5O6. The van der Waals surface area contributed by atoms with Crippen molar-refractivity contribution in [3.63, 3.8) is 0 Å². The third kappa shape index (κ3) is 8.08. The van der Waals surface area contributed by atoms with Crippen LogP contribution in [0, 0.1) is 29.6 Å². The molecule has 0 unspecified atom stereocenters. The van der Waals surface area contributed by atoms with E-state index in [1.54, 1.807) is 26.1 Å². The summed E-state index contributed by atoms with van der Waals surface area (Å²) >= 11 is 0. The molecule has 0 saturated heterocycles. The van der Waals surface area contributed by atoms with Crippen LogP contribution in [0.4, 0.5) is 5.69 Å². The highest BCUT2D eigenvalue weighted by molar-refractivity contribution is 5.97. The van der Waals surface area contributed by atoms with E-state index in [1.165, 1.54) is 62.1 Å². The zero-order valence-corrected chi connectivity index (χ0v) is 24.9. The Morgan fingerprint density at radius 3 is 2.38 bits per heavy atom. The first-order valence-electron chi connectivity index (χ1n) is 15.2. The van der Waals surface area contributed by atoms with Gasteiger partial charge in [-0.1, -0.05) is 13.0 Å². The summed E-state index contributed by atoms with van der Waals surface area (Å²) in [6.07, 6.45) is 11.6. The van der Waals surface area contributed by atoms with Gasteiger partial charge in [0.05, 0.1) is 7.11 Å². The number of esters is 1. The fourth-order valence-corrected chi connectivity index (χ4v) is 7.11. The predicted octanol–water partition coefficient (Wildman–Crippen LogP) is 1.97. The van der Waals surface area contributed by atoms with Crippen LogP contribution in [0.3, 0.4) is 0 Å². The van der Waals surface area contributed by atoms with Gasteiger partial charge in [-0.2, -0.15) is 0 Å². The van der Waals surface area contributed by atoms with Crippen molar-refractivity contribution < 1.29 is 23.9 Å². The number of methoxy groups -OCH3 is 1. The topological polar surface area (TPSA) is 148 Å². The molecular weight excluding hydrogens is 538 g/mol. The molecule has 0 aromatic carbocycles. The Labute approximate surface area is 247 Å². The van der Waals surface area contributed by atoms with Crippen LogP contribution in [0.5, 0.6) is 0 Å². The van der Waals surface area contributed by atoms with Crippen LogP contribution in [0.1, 0.15) is 58.3 Å². The van der Waals surface area contributed by atoms with E-state index in [2.05, 4.69) is 26.0 Å². The number of pyridine rings is 1. The molecule has 11 nitrogen and oxygen atoms in total. The Morgan fingerprint density at radius 2 is 1.74 bits per heavy atom. The van der Waals surface area contributed by atoms with E-state index in [-0.39, 0.29) is 42.4 Å². The molecule has 4 saturated carbocycles. The van der Waals surface area contributed by atoms with E-state index >= 15 is 0 Å². The lowest BCUT2D eigenvalue weighted by molar-refractivity contribution is -0.135. The van der Waals surface area contributed by atoms with Crippen molar-refractivity contribution in [3.8, 4) is 0 Å². The van der Waals surface area contributed by atoms with Gasteiger partial charge in [0.1, 0.15) is 18.3 Å². The fourth-order valence-electron chi connectivity index (χ4n) is 7.11. The van der Waals surface area contributed by atoms with Gasteiger partial charge in [0.2, 0.25) is 17.7 Å². The molecule has 4 fully saturated rings. The smallest absolute Gasteiger partial charge is 0.330 e. The van der Waals surface area contributed by atoms with Crippen LogP contribution >= 0.6 is 0 Å². The van der Waals surface area contributed by atoms with Gasteiger partial charge in [-0.15, -0.1) is 0 Å². The molecule has 5 rings (SSSR count). The van der Waals surface area contributed by atoms with E-state index in [9.17, 15) is 24.0 Å². The fraction of sp³-hybridized carbons (Fsp3) is 0.645. The average Bonchev–Trinajstić information content (AvgIpc) is 2.96. The number of anilines is 1. The molecule has 4 N–H and O–H groups in total.